The quantitative estimate of drug-likeness (QED) is 0.670. The normalized spacial score (nSPS) is 25.8. The van der Waals surface area contributed by atoms with Crippen LogP contribution in [0.4, 0.5) is 0 Å². The molecule has 0 amide bonds. The molecule has 0 aromatic rings. The van der Waals surface area contributed by atoms with Crippen molar-refractivity contribution in [1.82, 2.24) is 10.2 Å². The standard InChI is InChI=1S/C14H30N2O/c1-12(2)16(3)11-7-6-10-15-13-8-4-5-9-14(13)17/h12-15,17H,4-11H2,1-3H3. The Kier molecular flexibility index (Phi) is 7.09. The predicted octanol–water partition coefficient (Wildman–Crippen LogP) is 2.00. The summed E-state index contributed by atoms with van der Waals surface area (Å²) in [5, 5.41) is 13.3. The lowest BCUT2D eigenvalue weighted by Crippen LogP contribution is -2.42. The van der Waals surface area contributed by atoms with E-state index in [1.807, 2.05) is 0 Å². The van der Waals surface area contributed by atoms with Crippen molar-refractivity contribution >= 4 is 0 Å². The summed E-state index contributed by atoms with van der Waals surface area (Å²) in [4.78, 5) is 2.38. The molecular weight excluding hydrogens is 212 g/mol. The fourth-order valence-electron chi connectivity index (χ4n) is 2.38. The first-order valence-electron chi connectivity index (χ1n) is 7.23. The molecule has 3 nitrogen and oxygen atoms in total. The molecular formula is C14H30N2O. The Morgan fingerprint density at radius 2 is 1.94 bits per heavy atom. The van der Waals surface area contributed by atoms with Gasteiger partial charge in [0.05, 0.1) is 6.10 Å². The molecule has 2 N–H and O–H groups in total. The Balaban J connectivity index is 2.00. The third-order valence-corrected chi connectivity index (χ3v) is 3.96. The molecule has 0 heterocycles. The van der Waals surface area contributed by atoms with Crippen molar-refractivity contribution in [3.63, 3.8) is 0 Å². The average Bonchev–Trinajstić information content (AvgIpc) is 2.30. The van der Waals surface area contributed by atoms with Gasteiger partial charge in [-0.1, -0.05) is 12.8 Å². The summed E-state index contributed by atoms with van der Waals surface area (Å²) >= 11 is 0. The summed E-state index contributed by atoms with van der Waals surface area (Å²) in [6, 6.07) is 0.995. The number of unbranched alkanes of at least 4 members (excludes halogenated alkanes) is 1. The molecule has 0 aliphatic heterocycles. The molecule has 2 atom stereocenters. The van der Waals surface area contributed by atoms with Gasteiger partial charge in [0.15, 0.2) is 0 Å². The molecule has 0 spiro atoms. The van der Waals surface area contributed by atoms with Crippen molar-refractivity contribution in [2.75, 3.05) is 20.1 Å². The summed E-state index contributed by atoms with van der Waals surface area (Å²) in [6.07, 6.45) is 6.93. The largest absolute Gasteiger partial charge is 0.392 e. The van der Waals surface area contributed by atoms with E-state index in [2.05, 4.69) is 31.1 Å². The van der Waals surface area contributed by atoms with E-state index in [4.69, 9.17) is 0 Å². The van der Waals surface area contributed by atoms with Crippen molar-refractivity contribution in [3.8, 4) is 0 Å². The number of aliphatic hydroxyl groups is 1. The Hall–Kier alpha value is -0.120. The van der Waals surface area contributed by atoms with Gasteiger partial charge in [-0.2, -0.15) is 0 Å². The first kappa shape index (κ1) is 14.9. The van der Waals surface area contributed by atoms with E-state index in [0.717, 1.165) is 19.4 Å². The predicted molar refractivity (Wildman–Crippen MR) is 73.3 cm³/mol. The van der Waals surface area contributed by atoms with Gasteiger partial charge in [0.25, 0.3) is 0 Å². The first-order valence-corrected chi connectivity index (χ1v) is 7.23. The number of nitrogens with one attached hydrogen (secondary N) is 1. The summed E-state index contributed by atoms with van der Waals surface area (Å²) in [5.41, 5.74) is 0. The van der Waals surface area contributed by atoms with Crippen LogP contribution in [-0.2, 0) is 0 Å². The number of hydrogen-bond acceptors (Lipinski definition) is 3. The number of aliphatic hydroxyl groups excluding tert-OH is 1. The molecule has 1 aliphatic rings. The highest BCUT2D eigenvalue weighted by Gasteiger charge is 2.21. The minimum absolute atomic E-state index is 0.109. The Morgan fingerprint density at radius 1 is 1.24 bits per heavy atom. The van der Waals surface area contributed by atoms with Crippen molar-refractivity contribution in [2.45, 2.75) is 70.6 Å². The minimum atomic E-state index is -0.109. The monoisotopic (exact) mass is 242 g/mol. The highest BCUT2D eigenvalue weighted by atomic mass is 16.3. The molecule has 0 aromatic heterocycles. The van der Waals surface area contributed by atoms with Gasteiger partial charge in [-0.05, 0) is 59.7 Å². The van der Waals surface area contributed by atoms with Crippen LogP contribution in [0, 0.1) is 0 Å². The summed E-state index contributed by atoms with van der Waals surface area (Å²) in [5.74, 6) is 0. The maximum atomic E-state index is 9.82. The summed E-state index contributed by atoms with van der Waals surface area (Å²) in [7, 11) is 2.18. The van der Waals surface area contributed by atoms with E-state index in [-0.39, 0.29) is 6.10 Å². The summed E-state index contributed by atoms with van der Waals surface area (Å²) < 4.78 is 0. The van der Waals surface area contributed by atoms with E-state index in [9.17, 15) is 5.11 Å². The Labute approximate surface area is 107 Å². The van der Waals surface area contributed by atoms with Gasteiger partial charge >= 0.3 is 0 Å². The molecule has 2 unspecified atom stereocenters. The smallest absolute Gasteiger partial charge is 0.0693 e. The van der Waals surface area contributed by atoms with Gasteiger partial charge in [-0.15, -0.1) is 0 Å². The van der Waals surface area contributed by atoms with E-state index in [1.54, 1.807) is 0 Å². The third-order valence-electron chi connectivity index (χ3n) is 3.96. The van der Waals surface area contributed by atoms with Crippen molar-refractivity contribution in [3.05, 3.63) is 0 Å². The highest BCUT2D eigenvalue weighted by molar-refractivity contribution is 4.80. The highest BCUT2D eigenvalue weighted by Crippen LogP contribution is 2.18. The van der Waals surface area contributed by atoms with E-state index >= 15 is 0 Å². The molecule has 17 heavy (non-hydrogen) atoms. The SMILES string of the molecule is CC(C)N(C)CCCCNC1CCCCC1O. The van der Waals surface area contributed by atoms with Crippen molar-refractivity contribution < 1.29 is 5.11 Å². The molecule has 1 rings (SSSR count). The third kappa shape index (κ3) is 5.84. The lowest BCUT2D eigenvalue weighted by molar-refractivity contribution is 0.0908. The van der Waals surface area contributed by atoms with Gasteiger partial charge < -0.3 is 15.3 Å². The van der Waals surface area contributed by atoms with Crippen LogP contribution < -0.4 is 5.32 Å². The minimum Gasteiger partial charge on any atom is -0.392 e. The van der Waals surface area contributed by atoms with E-state index < -0.39 is 0 Å². The van der Waals surface area contributed by atoms with E-state index in [0.29, 0.717) is 12.1 Å². The number of rotatable bonds is 7. The van der Waals surface area contributed by atoms with Crippen LogP contribution in [0.3, 0.4) is 0 Å². The topological polar surface area (TPSA) is 35.5 Å². The molecule has 1 fully saturated rings. The Bertz CT molecular complexity index is 197. The number of nitrogens with zero attached hydrogens (tertiary/aromatic N) is 1. The Morgan fingerprint density at radius 3 is 2.59 bits per heavy atom. The number of hydrogen-bond donors (Lipinski definition) is 2. The van der Waals surface area contributed by atoms with Gasteiger partial charge in [-0.25, -0.2) is 0 Å². The van der Waals surface area contributed by atoms with Crippen molar-refractivity contribution in [1.29, 1.82) is 0 Å². The zero-order chi connectivity index (χ0) is 12.7. The molecule has 0 radical (unpaired) electrons. The molecule has 102 valence electrons. The molecule has 3 heteroatoms. The van der Waals surface area contributed by atoms with Crippen molar-refractivity contribution in [2.24, 2.45) is 0 Å². The second kappa shape index (κ2) is 8.06. The second-order valence-corrected chi connectivity index (χ2v) is 5.69. The molecule has 1 aliphatic carbocycles. The molecule has 1 saturated carbocycles. The van der Waals surface area contributed by atoms with Gasteiger partial charge in [0.2, 0.25) is 0 Å². The zero-order valence-electron chi connectivity index (χ0n) is 11.8. The van der Waals surface area contributed by atoms with Crippen LogP contribution in [0.2, 0.25) is 0 Å². The summed E-state index contributed by atoms with van der Waals surface area (Å²) in [6.45, 7) is 6.69. The molecule has 0 bridgehead atoms. The maximum Gasteiger partial charge on any atom is 0.0693 e. The average molecular weight is 242 g/mol. The van der Waals surface area contributed by atoms with Crippen LogP contribution >= 0.6 is 0 Å². The zero-order valence-corrected chi connectivity index (χ0v) is 11.8. The fourth-order valence-corrected chi connectivity index (χ4v) is 2.38. The van der Waals surface area contributed by atoms with Crippen LogP contribution in [0.5, 0.6) is 0 Å². The van der Waals surface area contributed by atoms with Crippen LogP contribution in [0.1, 0.15) is 52.4 Å². The second-order valence-electron chi connectivity index (χ2n) is 5.69. The van der Waals surface area contributed by atoms with Crippen LogP contribution in [-0.4, -0.2) is 48.3 Å². The first-order chi connectivity index (χ1) is 8.11. The maximum absolute atomic E-state index is 9.82. The van der Waals surface area contributed by atoms with Crippen LogP contribution in [0.25, 0.3) is 0 Å². The van der Waals surface area contributed by atoms with Gasteiger partial charge in [0.1, 0.15) is 0 Å². The van der Waals surface area contributed by atoms with E-state index in [1.165, 1.54) is 32.2 Å². The molecule has 0 saturated heterocycles. The lowest BCUT2D eigenvalue weighted by atomic mass is 9.92. The van der Waals surface area contributed by atoms with Gasteiger partial charge in [-0.3, -0.25) is 0 Å². The molecule has 0 aromatic carbocycles. The fraction of sp³-hybridized carbons (Fsp3) is 1.00. The lowest BCUT2D eigenvalue weighted by Gasteiger charge is -2.28. The van der Waals surface area contributed by atoms with Gasteiger partial charge in [0, 0.05) is 12.1 Å². The van der Waals surface area contributed by atoms with Crippen LogP contribution in [0.15, 0.2) is 0 Å².